The van der Waals surface area contributed by atoms with Crippen molar-refractivity contribution in [3.8, 4) is 0 Å². The SMILES string of the molecule is CCCc1nc(NN)c(C)c(NCC(O)C(CC)CC)n1. The molecule has 1 aromatic rings. The van der Waals surface area contributed by atoms with Crippen molar-refractivity contribution >= 4 is 11.6 Å². The first-order valence-electron chi connectivity index (χ1n) is 7.83. The Kier molecular flexibility index (Phi) is 7.39. The van der Waals surface area contributed by atoms with Crippen LogP contribution in [0.15, 0.2) is 0 Å². The fourth-order valence-corrected chi connectivity index (χ4v) is 2.41. The minimum atomic E-state index is -0.377. The van der Waals surface area contributed by atoms with E-state index in [2.05, 4.69) is 41.5 Å². The van der Waals surface area contributed by atoms with Gasteiger partial charge in [0, 0.05) is 18.5 Å². The van der Waals surface area contributed by atoms with Gasteiger partial charge >= 0.3 is 0 Å². The number of rotatable bonds is 9. The number of nitrogens with one attached hydrogen (secondary N) is 2. The van der Waals surface area contributed by atoms with Crippen molar-refractivity contribution in [3.63, 3.8) is 0 Å². The number of aryl methyl sites for hydroxylation is 1. The third kappa shape index (κ3) is 4.82. The standard InChI is InChI=1S/C15H29N5O/c1-5-8-13-18-14(10(4)15(19-13)20-16)17-9-12(21)11(6-2)7-3/h11-12,21H,5-9,16H2,1-4H3,(H2,17,18,19,20). The normalized spacial score (nSPS) is 12.5. The van der Waals surface area contributed by atoms with E-state index in [4.69, 9.17) is 5.84 Å². The molecule has 0 radical (unpaired) electrons. The summed E-state index contributed by atoms with van der Waals surface area (Å²) in [4.78, 5) is 8.91. The lowest BCUT2D eigenvalue weighted by atomic mass is 9.96. The molecule has 0 aliphatic heterocycles. The van der Waals surface area contributed by atoms with Crippen molar-refractivity contribution in [1.82, 2.24) is 9.97 Å². The molecule has 1 rings (SSSR count). The summed E-state index contributed by atoms with van der Waals surface area (Å²) in [5.74, 6) is 7.96. The van der Waals surface area contributed by atoms with Gasteiger partial charge in [-0.3, -0.25) is 0 Å². The third-order valence-corrected chi connectivity index (χ3v) is 3.87. The molecular formula is C15H29N5O. The second kappa shape index (κ2) is 8.79. The Morgan fingerprint density at radius 1 is 1.14 bits per heavy atom. The highest BCUT2D eigenvalue weighted by molar-refractivity contribution is 5.56. The van der Waals surface area contributed by atoms with Crippen LogP contribution < -0.4 is 16.6 Å². The highest BCUT2D eigenvalue weighted by atomic mass is 16.3. The highest BCUT2D eigenvalue weighted by Gasteiger charge is 2.17. The molecule has 0 amide bonds. The van der Waals surface area contributed by atoms with Gasteiger partial charge in [-0.25, -0.2) is 15.8 Å². The van der Waals surface area contributed by atoms with Crippen molar-refractivity contribution in [1.29, 1.82) is 0 Å². The summed E-state index contributed by atoms with van der Waals surface area (Å²) >= 11 is 0. The molecule has 0 bridgehead atoms. The molecule has 0 saturated carbocycles. The Morgan fingerprint density at radius 2 is 1.76 bits per heavy atom. The van der Waals surface area contributed by atoms with E-state index in [0.717, 1.165) is 42.9 Å². The van der Waals surface area contributed by atoms with Gasteiger partial charge in [0.05, 0.1) is 6.10 Å². The van der Waals surface area contributed by atoms with Crippen LogP contribution in [0.5, 0.6) is 0 Å². The summed E-state index contributed by atoms with van der Waals surface area (Å²) in [5, 5.41) is 13.5. The highest BCUT2D eigenvalue weighted by Crippen LogP contribution is 2.21. The van der Waals surface area contributed by atoms with Gasteiger partial charge in [-0.15, -0.1) is 0 Å². The van der Waals surface area contributed by atoms with Gasteiger partial charge in [-0.2, -0.15) is 0 Å². The molecule has 1 heterocycles. The molecular weight excluding hydrogens is 266 g/mol. The van der Waals surface area contributed by atoms with E-state index in [9.17, 15) is 5.11 Å². The van der Waals surface area contributed by atoms with Crippen LogP contribution in [0.3, 0.4) is 0 Å². The molecule has 1 atom stereocenters. The van der Waals surface area contributed by atoms with Crippen LogP contribution in [0, 0.1) is 12.8 Å². The number of aliphatic hydroxyl groups is 1. The molecule has 0 fully saturated rings. The van der Waals surface area contributed by atoms with Gasteiger partial charge in [0.2, 0.25) is 0 Å². The largest absolute Gasteiger partial charge is 0.391 e. The Bertz CT molecular complexity index is 434. The smallest absolute Gasteiger partial charge is 0.148 e. The lowest BCUT2D eigenvalue weighted by molar-refractivity contribution is 0.114. The third-order valence-electron chi connectivity index (χ3n) is 3.87. The quantitative estimate of drug-likeness (QED) is 0.412. The first-order valence-corrected chi connectivity index (χ1v) is 7.83. The molecule has 0 aliphatic carbocycles. The Balaban J connectivity index is 2.84. The Labute approximate surface area is 127 Å². The Morgan fingerprint density at radius 3 is 2.29 bits per heavy atom. The van der Waals surface area contributed by atoms with E-state index >= 15 is 0 Å². The number of hydrazine groups is 1. The van der Waals surface area contributed by atoms with Crippen molar-refractivity contribution in [2.75, 3.05) is 17.3 Å². The molecule has 5 N–H and O–H groups in total. The molecule has 1 aromatic heterocycles. The van der Waals surface area contributed by atoms with Crippen LogP contribution >= 0.6 is 0 Å². The fourth-order valence-electron chi connectivity index (χ4n) is 2.41. The van der Waals surface area contributed by atoms with Crippen LogP contribution in [0.25, 0.3) is 0 Å². The lowest BCUT2D eigenvalue weighted by Gasteiger charge is -2.21. The van der Waals surface area contributed by atoms with Crippen LogP contribution in [0.1, 0.15) is 51.4 Å². The topological polar surface area (TPSA) is 96.1 Å². The van der Waals surface area contributed by atoms with Crippen LogP contribution in [-0.2, 0) is 6.42 Å². The van der Waals surface area contributed by atoms with Crippen molar-refractivity contribution < 1.29 is 5.11 Å². The minimum Gasteiger partial charge on any atom is -0.391 e. The van der Waals surface area contributed by atoms with E-state index < -0.39 is 0 Å². The minimum absolute atomic E-state index is 0.307. The molecule has 21 heavy (non-hydrogen) atoms. The monoisotopic (exact) mass is 295 g/mol. The number of aliphatic hydroxyl groups excluding tert-OH is 1. The predicted octanol–water partition coefficient (Wildman–Crippen LogP) is 2.23. The number of hydrogen-bond donors (Lipinski definition) is 4. The summed E-state index contributed by atoms with van der Waals surface area (Å²) in [6, 6.07) is 0. The van der Waals surface area contributed by atoms with Gasteiger partial charge in [-0.05, 0) is 19.3 Å². The van der Waals surface area contributed by atoms with Crippen LogP contribution in [-0.4, -0.2) is 27.7 Å². The second-order valence-electron chi connectivity index (χ2n) is 5.38. The van der Waals surface area contributed by atoms with Gasteiger partial charge in [0.25, 0.3) is 0 Å². The predicted molar refractivity (Wildman–Crippen MR) is 87.1 cm³/mol. The number of aromatic nitrogens is 2. The van der Waals surface area contributed by atoms with Crippen molar-refractivity contribution in [3.05, 3.63) is 11.4 Å². The number of nitrogens with two attached hydrogens (primary N) is 1. The zero-order valence-corrected chi connectivity index (χ0v) is 13.6. The van der Waals surface area contributed by atoms with Crippen LogP contribution in [0.2, 0.25) is 0 Å². The molecule has 120 valence electrons. The molecule has 0 spiro atoms. The Hall–Kier alpha value is -1.40. The van der Waals surface area contributed by atoms with E-state index in [1.807, 2.05) is 6.92 Å². The number of anilines is 2. The van der Waals surface area contributed by atoms with Gasteiger partial charge < -0.3 is 15.8 Å². The zero-order valence-electron chi connectivity index (χ0n) is 13.6. The lowest BCUT2D eigenvalue weighted by Crippen LogP contribution is -2.28. The van der Waals surface area contributed by atoms with Gasteiger partial charge in [0.1, 0.15) is 17.5 Å². The average Bonchev–Trinajstić information content (AvgIpc) is 2.48. The second-order valence-corrected chi connectivity index (χ2v) is 5.38. The number of nitrogens with zero attached hydrogens (tertiary/aromatic N) is 2. The maximum atomic E-state index is 10.2. The van der Waals surface area contributed by atoms with Crippen molar-refractivity contribution in [2.24, 2.45) is 11.8 Å². The molecule has 6 nitrogen and oxygen atoms in total. The number of nitrogen functional groups attached to an aromatic ring is 1. The molecule has 6 heteroatoms. The first kappa shape index (κ1) is 17.7. The molecule has 0 saturated heterocycles. The maximum Gasteiger partial charge on any atom is 0.148 e. The summed E-state index contributed by atoms with van der Waals surface area (Å²) in [5.41, 5.74) is 3.48. The van der Waals surface area contributed by atoms with Gasteiger partial charge in [0.15, 0.2) is 0 Å². The van der Waals surface area contributed by atoms with E-state index in [1.54, 1.807) is 0 Å². The maximum absolute atomic E-state index is 10.2. The van der Waals surface area contributed by atoms with Crippen molar-refractivity contribution in [2.45, 2.75) is 59.5 Å². The molecule has 1 unspecified atom stereocenters. The summed E-state index contributed by atoms with van der Waals surface area (Å²) in [6.07, 6.45) is 3.34. The summed E-state index contributed by atoms with van der Waals surface area (Å²) in [7, 11) is 0. The van der Waals surface area contributed by atoms with Gasteiger partial charge in [-0.1, -0.05) is 33.6 Å². The zero-order chi connectivity index (χ0) is 15.8. The fraction of sp³-hybridized carbons (Fsp3) is 0.733. The first-order chi connectivity index (χ1) is 10.1. The summed E-state index contributed by atoms with van der Waals surface area (Å²) in [6.45, 7) is 8.69. The number of hydrogen-bond acceptors (Lipinski definition) is 6. The molecule has 0 aromatic carbocycles. The van der Waals surface area contributed by atoms with E-state index in [-0.39, 0.29) is 6.10 Å². The van der Waals surface area contributed by atoms with Crippen LogP contribution in [0.4, 0.5) is 11.6 Å². The average molecular weight is 295 g/mol. The van der Waals surface area contributed by atoms with E-state index in [0.29, 0.717) is 18.3 Å². The summed E-state index contributed by atoms with van der Waals surface area (Å²) < 4.78 is 0. The molecule has 0 aliphatic rings. The van der Waals surface area contributed by atoms with E-state index in [1.165, 1.54) is 0 Å².